The third-order valence-electron chi connectivity index (χ3n) is 3.39. The minimum Gasteiger partial charge on any atom is -0.493 e. The fraction of sp³-hybridized carbons (Fsp3) is 0.278. The summed E-state index contributed by atoms with van der Waals surface area (Å²) in [5.74, 6) is 1.52. The topological polar surface area (TPSA) is 30.8 Å². The highest BCUT2D eigenvalue weighted by Gasteiger charge is 2.10. The molecule has 0 heterocycles. The van der Waals surface area contributed by atoms with Crippen LogP contribution in [0, 0.1) is 17.4 Å². The van der Waals surface area contributed by atoms with E-state index in [2.05, 4.69) is 53.6 Å². The van der Waals surface area contributed by atoms with Crippen LogP contribution in [-0.4, -0.2) is 19.9 Å². The van der Waals surface area contributed by atoms with E-state index in [9.17, 15) is 0 Å². The number of benzene rings is 2. The van der Waals surface area contributed by atoms with E-state index >= 15 is 0 Å². The van der Waals surface area contributed by atoms with Crippen LogP contribution in [0.3, 0.4) is 0 Å². The maximum atomic E-state index is 5.63. The summed E-state index contributed by atoms with van der Waals surface area (Å²) in [5, 5.41) is 0. The molecule has 0 N–H and O–H groups in total. The third-order valence-corrected chi connectivity index (χ3v) is 4.19. The maximum absolute atomic E-state index is 5.63. The van der Waals surface area contributed by atoms with Crippen LogP contribution < -0.4 is 9.47 Å². The molecule has 0 saturated heterocycles. The fourth-order valence-electron chi connectivity index (χ4n) is 2.05. The molecule has 2 aromatic carbocycles. The van der Waals surface area contributed by atoms with Crippen molar-refractivity contribution in [2.24, 2.45) is 4.99 Å². The van der Waals surface area contributed by atoms with Crippen LogP contribution in [0.2, 0.25) is 0 Å². The van der Waals surface area contributed by atoms with Crippen LogP contribution in [-0.2, 0) is 0 Å². The second-order valence-electron chi connectivity index (χ2n) is 4.99. The van der Waals surface area contributed by atoms with Gasteiger partial charge < -0.3 is 9.47 Å². The molecule has 0 aliphatic heterocycles. The molecule has 22 heavy (non-hydrogen) atoms. The fourth-order valence-corrected chi connectivity index (χ4v) is 2.83. The molecule has 3 nitrogen and oxygen atoms in total. The number of hydrogen-bond donors (Lipinski definition) is 0. The van der Waals surface area contributed by atoms with Crippen LogP contribution in [0.1, 0.15) is 23.6 Å². The normalized spacial score (nSPS) is 11.0. The first-order chi connectivity index (χ1) is 10.5. The average molecular weight is 409 g/mol. The van der Waals surface area contributed by atoms with Gasteiger partial charge in [-0.15, -0.1) is 0 Å². The van der Waals surface area contributed by atoms with E-state index in [1.165, 1.54) is 11.1 Å². The van der Waals surface area contributed by atoms with Crippen molar-refractivity contribution in [2.75, 3.05) is 13.7 Å². The van der Waals surface area contributed by atoms with E-state index in [1.807, 2.05) is 31.3 Å². The number of ether oxygens (including phenoxy) is 2. The summed E-state index contributed by atoms with van der Waals surface area (Å²) in [6.07, 6.45) is 1.85. The summed E-state index contributed by atoms with van der Waals surface area (Å²) in [6.45, 7) is 6.77. The van der Waals surface area contributed by atoms with Crippen molar-refractivity contribution >= 4 is 34.5 Å². The SMILES string of the molecule is CCOc1c(I)cc(C=Nc2ccc(C)c(C)c2)cc1OC. The Labute approximate surface area is 145 Å². The number of rotatable bonds is 5. The van der Waals surface area contributed by atoms with E-state index in [-0.39, 0.29) is 0 Å². The first kappa shape index (κ1) is 16.8. The number of aryl methyl sites for hydroxylation is 2. The van der Waals surface area contributed by atoms with Gasteiger partial charge in [0.25, 0.3) is 0 Å². The lowest BCUT2D eigenvalue weighted by Gasteiger charge is -2.12. The van der Waals surface area contributed by atoms with Crippen LogP contribution in [0.25, 0.3) is 0 Å². The summed E-state index contributed by atoms with van der Waals surface area (Å²) < 4.78 is 12.1. The lowest BCUT2D eigenvalue weighted by molar-refractivity contribution is 0.308. The van der Waals surface area contributed by atoms with E-state index in [4.69, 9.17) is 9.47 Å². The van der Waals surface area contributed by atoms with Gasteiger partial charge in [0, 0.05) is 6.21 Å². The average Bonchev–Trinajstić information content (AvgIpc) is 2.50. The van der Waals surface area contributed by atoms with Gasteiger partial charge in [0.15, 0.2) is 11.5 Å². The molecule has 0 spiro atoms. The Bertz CT molecular complexity index is 696. The van der Waals surface area contributed by atoms with Crippen LogP contribution in [0.4, 0.5) is 5.69 Å². The first-order valence-electron chi connectivity index (χ1n) is 7.16. The Hall–Kier alpha value is -1.56. The highest BCUT2D eigenvalue weighted by atomic mass is 127. The van der Waals surface area contributed by atoms with Gasteiger partial charge >= 0.3 is 0 Å². The molecular formula is C18H20INO2. The standard InChI is InChI=1S/C18H20INO2/c1-5-22-18-16(19)9-14(10-17(18)21-4)11-20-15-7-6-12(2)13(3)8-15/h6-11H,5H2,1-4H3. The van der Waals surface area contributed by atoms with Gasteiger partial charge in [-0.05, 0) is 84.3 Å². The van der Waals surface area contributed by atoms with Crippen molar-refractivity contribution in [1.82, 2.24) is 0 Å². The molecule has 2 aromatic rings. The van der Waals surface area contributed by atoms with E-state index < -0.39 is 0 Å². The molecule has 116 valence electrons. The molecule has 4 heteroatoms. The van der Waals surface area contributed by atoms with Crippen LogP contribution in [0.15, 0.2) is 35.3 Å². The van der Waals surface area contributed by atoms with Gasteiger partial charge in [-0.3, -0.25) is 4.99 Å². The molecule has 0 bridgehead atoms. The van der Waals surface area contributed by atoms with E-state index in [0.717, 1.165) is 26.3 Å². The number of nitrogens with zero attached hydrogens (tertiary/aromatic N) is 1. The van der Waals surface area contributed by atoms with Gasteiger partial charge in [-0.25, -0.2) is 0 Å². The van der Waals surface area contributed by atoms with Crippen LogP contribution >= 0.6 is 22.6 Å². The molecule has 0 radical (unpaired) electrons. The first-order valence-corrected chi connectivity index (χ1v) is 8.24. The maximum Gasteiger partial charge on any atom is 0.174 e. The van der Waals surface area contributed by atoms with Gasteiger partial charge in [0.2, 0.25) is 0 Å². The molecule has 2 rings (SSSR count). The summed E-state index contributed by atoms with van der Waals surface area (Å²) in [5.41, 5.74) is 4.46. The number of methoxy groups -OCH3 is 1. The predicted octanol–water partition coefficient (Wildman–Crippen LogP) is 5.07. The molecule has 0 atom stereocenters. The minimum absolute atomic E-state index is 0.614. The predicted molar refractivity (Wildman–Crippen MR) is 100 cm³/mol. The van der Waals surface area contributed by atoms with Gasteiger partial charge in [0.05, 0.1) is 23.0 Å². The van der Waals surface area contributed by atoms with Gasteiger partial charge in [-0.2, -0.15) is 0 Å². The van der Waals surface area contributed by atoms with E-state index in [0.29, 0.717) is 6.61 Å². The van der Waals surface area contributed by atoms with Gasteiger partial charge in [0.1, 0.15) is 0 Å². The van der Waals surface area contributed by atoms with Crippen molar-refractivity contribution in [2.45, 2.75) is 20.8 Å². The number of halogens is 1. The summed E-state index contributed by atoms with van der Waals surface area (Å²) in [7, 11) is 1.65. The molecule has 0 unspecified atom stereocenters. The van der Waals surface area contributed by atoms with Gasteiger partial charge in [-0.1, -0.05) is 6.07 Å². The summed E-state index contributed by atoms with van der Waals surface area (Å²) >= 11 is 2.26. The van der Waals surface area contributed by atoms with Crippen molar-refractivity contribution < 1.29 is 9.47 Å². The van der Waals surface area contributed by atoms with Crippen molar-refractivity contribution in [3.63, 3.8) is 0 Å². The zero-order chi connectivity index (χ0) is 16.1. The molecule has 0 aliphatic rings. The summed E-state index contributed by atoms with van der Waals surface area (Å²) in [6, 6.07) is 10.2. The Balaban J connectivity index is 2.30. The van der Waals surface area contributed by atoms with E-state index in [1.54, 1.807) is 7.11 Å². The number of hydrogen-bond acceptors (Lipinski definition) is 3. The Morgan fingerprint density at radius 2 is 1.91 bits per heavy atom. The lowest BCUT2D eigenvalue weighted by atomic mass is 10.1. The lowest BCUT2D eigenvalue weighted by Crippen LogP contribution is -1.99. The monoisotopic (exact) mass is 409 g/mol. The summed E-state index contributed by atoms with van der Waals surface area (Å²) in [4.78, 5) is 4.55. The second-order valence-corrected chi connectivity index (χ2v) is 6.16. The quantitative estimate of drug-likeness (QED) is 0.510. The highest BCUT2D eigenvalue weighted by molar-refractivity contribution is 14.1. The highest BCUT2D eigenvalue weighted by Crippen LogP contribution is 2.33. The molecule has 0 aliphatic carbocycles. The smallest absolute Gasteiger partial charge is 0.174 e. The zero-order valence-electron chi connectivity index (χ0n) is 13.3. The second kappa shape index (κ2) is 7.63. The largest absolute Gasteiger partial charge is 0.493 e. The molecule has 0 aromatic heterocycles. The Morgan fingerprint density at radius 1 is 1.14 bits per heavy atom. The Morgan fingerprint density at radius 3 is 2.55 bits per heavy atom. The molecular weight excluding hydrogens is 389 g/mol. The zero-order valence-corrected chi connectivity index (χ0v) is 15.5. The minimum atomic E-state index is 0.614. The van der Waals surface area contributed by atoms with Crippen molar-refractivity contribution in [1.29, 1.82) is 0 Å². The van der Waals surface area contributed by atoms with Crippen molar-refractivity contribution in [3.05, 3.63) is 50.6 Å². The number of aliphatic imine (C=N–C) groups is 1. The van der Waals surface area contributed by atoms with Crippen molar-refractivity contribution in [3.8, 4) is 11.5 Å². The molecule has 0 fully saturated rings. The Kier molecular flexibility index (Phi) is 5.83. The molecule has 0 amide bonds. The third kappa shape index (κ3) is 4.00. The molecule has 0 saturated carbocycles. The van der Waals surface area contributed by atoms with Crippen LogP contribution in [0.5, 0.6) is 11.5 Å².